The van der Waals surface area contributed by atoms with E-state index in [9.17, 15) is 51.9 Å². The van der Waals surface area contributed by atoms with Crippen LogP contribution in [0.5, 0.6) is 0 Å². The number of benzene rings is 4. The molecule has 0 saturated heterocycles. The van der Waals surface area contributed by atoms with Gasteiger partial charge in [-0.1, -0.05) is 121 Å². The Labute approximate surface area is 444 Å². The summed E-state index contributed by atoms with van der Waals surface area (Å²) in [6.45, 7) is 0. The van der Waals surface area contributed by atoms with Gasteiger partial charge in [0.1, 0.15) is 27.7 Å². The van der Waals surface area contributed by atoms with E-state index < -0.39 is 71.9 Å². The van der Waals surface area contributed by atoms with Crippen molar-refractivity contribution in [3.05, 3.63) is 144 Å². The van der Waals surface area contributed by atoms with Crippen molar-refractivity contribution in [2.75, 3.05) is 0 Å². The quantitative estimate of drug-likeness (QED) is 0.0962. The molecule has 4 radical (unpaired) electrons. The number of rotatable bonds is 10. The molecule has 0 fully saturated rings. The Morgan fingerprint density at radius 1 is 0.452 bits per heavy atom. The molecule has 2 aromatic heterocycles. The summed E-state index contributed by atoms with van der Waals surface area (Å²) in [7, 11) is -25.7. The first-order valence-corrected chi connectivity index (χ1v) is 22.2. The first-order chi connectivity index (χ1) is 27.3. The Hall–Kier alpha value is -1.92. The van der Waals surface area contributed by atoms with Crippen LogP contribution in [0.3, 0.4) is 0 Å². The molecule has 0 amide bonds. The molecule has 3 unspecified atom stereocenters. The first kappa shape index (κ1) is 54.4. The van der Waals surface area contributed by atoms with Crippen LogP contribution in [-0.4, -0.2) is 206 Å². The van der Waals surface area contributed by atoms with Gasteiger partial charge in [0.05, 0.1) is 0 Å². The summed E-state index contributed by atoms with van der Waals surface area (Å²) in [5.41, 5.74) is 0.189. The third-order valence-electron chi connectivity index (χ3n) is 9.14. The van der Waals surface area contributed by atoms with Crippen molar-refractivity contribution in [3.8, 4) is 45.0 Å². The Kier molecular flexibility index (Phi) is 18.2. The van der Waals surface area contributed by atoms with Crippen molar-refractivity contribution < 1.29 is 51.9 Å². The topological polar surface area (TPSA) is 307 Å². The molecular formula is C35H27N7Na4O12S4. The molecule has 0 bridgehead atoms. The minimum Gasteiger partial charge on any atom is -0.362 e. The number of hydrogen-bond acceptors (Lipinski definition) is 15. The van der Waals surface area contributed by atoms with Gasteiger partial charge >= 0.3 is 0 Å². The third kappa shape index (κ3) is 9.93. The smallest absolute Gasteiger partial charge is 0.298 e. The van der Waals surface area contributed by atoms with Gasteiger partial charge in [0, 0.05) is 147 Å². The van der Waals surface area contributed by atoms with E-state index in [2.05, 4.69) is 30.4 Å². The minimum absolute atomic E-state index is 0. The van der Waals surface area contributed by atoms with Crippen LogP contribution >= 0.6 is 0 Å². The van der Waals surface area contributed by atoms with Crippen LogP contribution in [0.2, 0.25) is 0 Å². The molecular weight excluding hydrogens is 931 g/mol. The normalized spacial score (nSPS) is 18.8. The van der Waals surface area contributed by atoms with Crippen molar-refractivity contribution in [2.24, 2.45) is 0 Å². The summed E-state index contributed by atoms with van der Waals surface area (Å²) < 4.78 is 150. The number of hydrogen-bond donors (Lipinski definition) is 5. The summed E-state index contributed by atoms with van der Waals surface area (Å²) in [5, 5.41) is 13.5. The van der Waals surface area contributed by atoms with Crippen molar-refractivity contribution in [3.63, 3.8) is 0 Å². The second kappa shape index (κ2) is 20.7. The van der Waals surface area contributed by atoms with Crippen molar-refractivity contribution in [2.45, 2.75) is 14.9 Å². The fraction of sp³-hybridized carbons (Fsp3) is 0.0857. The van der Waals surface area contributed by atoms with Gasteiger partial charge in [0.15, 0.2) is 16.9 Å². The zero-order chi connectivity index (χ0) is 41.7. The molecule has 7 rings (SSSR count). The minimum atomic E-state index is -6.64. The van der Waals surface area contributed by atoms with Gasteiger partial charge in [-0.25, -0.2) is 9.97 Å². The van der Waals surface area contributed by atoms with Crippen LogP contribution in [0.4, 0.5) is 0 Å². The van der Waals surface area contributed by atoms with E-state index in [1.165, 1.54) is 48.5 Å². The predicted octanol–water partition coefficient (Wildman–Crippen LogP) is 1.61. The van der Waals surface area contributed by atoms with Gasteiger partial charge in [-0.15, -0.1) is 20.4 Å². The average Bonchev–Trinajstić information content (AvgIpc) is 3.19. The largest absolute Gasteiger partial charge is 0.362 e. The number of nitrogens with one attached hydrogen (secondary N) is 1. The Morgan fingerprint density at radius 3 is 1.11 bits per heavy atom. The zero-order valence-electron chi connectivity index (χ0n) is 33.1. The van der Waals surface area contributed by atoms with Crippen LogP contribution in [0, 0.1) is 0 Å². The van der Waals surface area contributed by atoms with E-state index in [-0.39, 0.29) is 164 Å². The molecule has 3 heterocycles. The summed E-state index contributed by atoms with van der Waals surface area (Å²) in [6.07, 6.45) is -0.0358. The maximum absolute atomic E-state index is 14.1. The fourth-order valence-electron chi connectivity index (χ4n) is 6.71. The standard InChI is InChI=1S/C35H27N7O12S4.4Na/c43-55(44,45)26-21-36-35(58(52,53)54,33-38-28(23-15-7-2-8-16-23)30(40-42-33)25-19-11-4-12-20-25)31(56(46,47)48)34(26,57(49,50)51)32-37-27(22-13-5-1-6-14-22)29(39-41-32)24-17-9-3-10-18-24;;;;/h1-21,31,36H,(H,43,44,45)(H,46,47,48)(H,49,50,51)(H,52,53,54);;;;. The van der Waals surface area contributed by atoms with Crippen LogP contribution in [0.25, 0.3) is 45.0 Å². The van der Waals surface area contributed by atoms with Crippen LogP contribution in [0.15, 0.2) is 132 Å². The van der Waals surface area contributed by atoms with Gasteiger partial charge in [0.25, 0.3) is 40.5 Å². The second-order valence-electron chi connectivity index (χ2n) is 12.6. The van der Waals surface area contributed by atoms with Crippen LogP contribution < -0.4 is 5.32 Å². The first-order valence-electron chi connectivity index (χ1n) is 16.4. The van der Waals surface area contributed by atoms with Crippen molar-refractivity contribution in [1.82, 2.24) is 35.7 Å². The molecule has 0 saturated carbocycles. The molecule has 6 aromatic rings. The second-order valence-corrected chi connectivity index (χ2v) is 18.7. The molecule has 4 aromatic carbocycles. The molecule has 27 heteroatoms. The monoisotopic (exact) mass is 957 g/mol. The summed E-state index contributed by atoms with van der Waals surface area (Å²) in [5.74, 6) is -3.00. The zero-order valence-corrected chi connectivity index (χ0v) is 44.3. The van der Waals surface area contributed by atoms with E-state index in [4.69, 9.17) is 0 Å². The molecule has 19 nitrogen and oxygen atoms in total. The van der Waals surface area contributed by atoms with E-state index in [1.54, 1.807) is 72.8 Å². The molecule has 302 valence electrons. The van der Waals surface area contributed by atoms with Crippen LogP contribution in [-0.2, 0) is 50.1 Å². The van der Waals surface area contributed by atoms with E-state index in [0.717, 1.165) is 0 Å². The number of aromatic nitrogens is 6. The summed E-state index contributed by atoms with van der Waals surface area (Å²) in [4.78, 5) is 2.33. The maximum Gasteiger partial charge on any atom is 0.298 e. The third-order valence-corrected chi connectivity index (χ3v) is 14.7. The molecule has 0 spiro atoms. The molecule has 1 aliphatic heterocycles. The number of nitrogens with zero attached hydrogens (tertiary/aromatic N) is 6. The van der Waals surface area contributed by atoms with Gasteiger partial charge in [-0.05, 0) is 0 Å². The summed E-state index contributed by atoms with van der Waals surface area (Å²) >= 11 is 0. The van der Waals surface area contributed by atoms with Gasteiger partial charge < -0.3 is 5.32 Å². The summed E-state index contributed by atoms with van der Waals surface area (Å²) in [6, 6.07) is 31.0. The van der Waals surface area contributed by atoms with Gasteiger partial charge in [-0.3, -0.25) is 18.2 Å². The molecule has 0 aliphatic carbocycles. The fourth-order valence-corrected chi connectivity index (χ4v) is 13.0. The Bertz CT molecular complexity index is 3060. The molecule has 5 N–H and O–H groups in total. The molecule has 62 heavy (non-hydrogen) atoms. The predicted molar refractivity (Wildman–Crippen MR) is 229 cm³/mol. The van der Waals surface area contributed by atoms with Crippen molar-refractivity contribution in [1.29, 1.82) is 0 Å². The Balaban J connectivity index is 0.00000256. The Morgan fingerprint density at radius 2 is 0.790 bits per heavy atom. The van der Waals surface area contributed by atoms with Gasteiger partial charge in [0.2, 0.25) is 9.62 Å². The van der Waals surface area contributed by atoms with E-state index >= 15 is 0 Å². The van der Waals surface area contributed by atoms with E-state index in [0.29, 0.717) is 5.56 Å². The molecule has 1 aliphatic rings. The van der Waals surface area contributed by atoms with E-state index in [1.807, 2.05) is 5.32 Å². The average molecular weight is 958 g/mol. The van der Waals surface area contributed by atoms with Crippen LogP contribution in [0.1, 0.15) is 11.6 Å². The van der Waals surface area contributed by atoms with Crippen molar-refractivity contribution >= 4 is 159 Å². The maximum atomic E-state index is 14.1. The SMILES string of the molecule is O=S(=O)(O)C1=CNC(c2nnc(-c3ccccc3)c(-c3ccccc3)n2)(S(=O)(=O)O)C(S(=O)(=O)O)C1(c1nnc(-c2ccccc2)c(-c2ccccc2)n1)S(=O)(=O)O.[Na].[Na].[Na].[Na]. The van der Waals surface area contributed by atoms with Gasteiger partial charge in [-0.2, -0.15) is 33.7 Å². The molecule has 3 atom stereocenters.